The van der Waals surface area contributed by atoms with Crippen molar-refractivity contribution in [2.24, 2.45) is 0 Å². The van der Waals surface area contributed by atoms with Crippen molar-refractivity contribution in [2.45, 2.75) is 26.4 Å². The molecule has 0 radical (unpaired) electrons. The van der Waals surface area contributed by atoms with Crippen molar-refractivity contribution in [3.8, 4) is 11.3 Å². The normalized spacial score (nSPS) is 11.4. The highest BCUT2D eigenvalue weighted by Crippen LogP contribution is 2.32. The zero-order valence-corrected chi connectivity index (χ0v) is 12.1. The fourth-order valence-corrected chi connectivity index (χ4v) is 2.38. The van der Waals surface area contributed by atoms with Crippen LogP contribution in [0.25, 0.3) is 22.1 Å². The van der Waals surface area contributed by atoms with E-state index in [1.54, 1.807) is 12.1 Å². The Bertz CT molecular complexity index is 764. The van der Waals surface area contributed by atoms with E-state index in [4.69, 9.17) is 4.42 Å². The fourth-order valence-electron chi connectivity index (χ4n) is 2.38. The van der Waals surface area contributed by atoms with Crippen LogP contribution in [0.15, 0.2) is 47.2 Å². The van der Waals surface area contributed by atoms with Crippen molar-refractivity contribution in [3.63, 3.8) is 0 Å². The number of hydrogen-bond acceptors (Lipinski definition) is 3. The number of aromatic nitrogens is 1. The van der Waals surface area contributed by atoms with E-state index in [9.17, 15) is 4.39 Å². The van der Waals surface area contributed by atoms with Gasteiger partial charge < -0.3 is 9.73 Å². The molecule has 0 aliphatic rings. The summed E-state index contributed by atoms with van der Waals surface area (Å²) in [5, 5.41) is 4.75. The summed E-state index contributed by atoms with van der Waals surface area (Å²) < 4.78 is 19.5. The minimum atomic E-state index is -0.226. The van der Waals surface area contributed by atoms with Crippen LogP contribution in [0.3, 0.4) is 0 Å². The Balaban J connectivity index is 2.09. The third-order valence-corrected chi connectivity index (χ3v) is 3.43. The molecule has 0 saturated carbocycles. The van der Waals surface area contributed by atoms with Gasteiger partial charge in [0.25, 0.3) is 0 Å². The SMILES string of the molecule is CC(C)NCc1ncoc1-c1ccc(F)c2ccccc12. The van der Waals surface area contributed by atoms with Gasteiger partial charge in [0.05, 0.1) is 0 Å². The summed E-state index contributed by atoms with van der Waals surface area (Å²) >= 11 is 0. The molecular formula is C17H17FN2O. The largest absolute Gasteiger partial charge is 0.443 e. The third-order valence-electron chi connectivity index (χ3n) is 3.43. The van der Waals surface area contributed by atoms with Crippen molar-refractivity contribution < 1.29 is 8.81 Å². The van der Waals surface area contributed by atoms with Gasteiger partial charge in [0.15, 0.2) is 12.2 Å². The van der Waals surface area contributed by atoms with E-state index in [1.165, 1.54) is 12.5 Å². The monoisotopic (exact) mass is 284 g/mol. The van der Waals surface area contributed by atoms with E-state index < -0.39 is 0 Å². The number of rotatable bonds is 4. The average molecular weight is 284 g/mol. The summed E-state index contributed by atoms with van der Waals surface area (Å²) in [5.74, 6) is 0.468. The van der Waals surface area contributed by atoms with Crippen molar-refractivity contribution in [1.82, 2.24) is 10.3 Å². The lowest BCUT2D eigenvalue weighted by molar-refractivity contribution is 0.563. The topological polar surface area (TPSA) is 38.1 Å². The maximum Gasteiger partial charge on any atom is 0.181 e. The van der Waals surface area contributed by atoms with Gasteiger partial charge in [0.2, 0.25) is 0 Å². The lowest BCUT2D eigenvalue weighted by atomic mass is 10.0. The highest BCUT2D eigenvalue weighted by Gasteiger charge is 2.15. The molecule has 0 amide bonds. The molecule has 3 nitrogen and oxygen atoms in total. The molecule has 3 rings (SSSR count). The first-order valence-electron chi connectivity index (χ1n) is 7.00. The highest BCUT2D eigenvalue weighted by molar-refractivity contribution is 5.96. The second-order valence-electron chi connectivity index (χ2n) is 5.30. The lowest BCUT2D eigenvalue weighted by Gasteiger charge is -2.09. The van der Waals surface area contributed by atoms with Crippen LogP contribution in [0.1, 0.15) is 19.5 Å². The molecule has 0 unspecified atom stereocenters. The second-order valence-corrected chi connectivity index (χ2v) is 5.30. The maximum absolute atomic E-state index is 13.9. The first-order valence-corrected chi connectivity index (χ1v) is 7.00. The Morgan fingerprint density at radius 1 is 1.14 bits per heavy atom. The molecule has 1 aromatic heterocycles. The van der Waals surface area contributed by atoms with Gasteiger partial charge in [-0.15, -0.1) is 0 Å². The summed E-state index contributed by atoms with van der Waals surface area (Å²) in [4.78, 5) is 4.27. The number of benzene rings is 2. The average Bonchev–Trinajstić information content (AvgIpc) is 2.94. The number of fused-ring (bicyclic) bond motifs is 1. The Hall–Kier alpha value is -2.20. The first-order chi connectivity index (χ1) is 10.2. The standard InChI is InChI=1S/C17H17FN2O/c1-11(2)19-9-16-17(21-10-20-16)14-7-8-15(18)13-6-4-3-5-12(13)14/h3-8,10-11,19H,9H2,1-2H3. The van der Waals surface area contributed by atoms with Gasteiger partial charge in [0, 0.05) is 23.5 Å². The summed E-state index contributed by atoms with van der Waals surface area (Å²) in [6.07, 6.45) is 1.44. The van der Waals surface area contributed by atoms with E-state index in [0.717, 1.165) is 16.6 Å². The Morgan fingerprint density at radius 3 is 2.67 bits per heavy atom. The summed E-state index contributed by atoms with van der Waals surface area (Å²) in [7, 11) is 0. The van der Waals surface area contributed by atoms with Gasteiger partial charge in [-0.05, 0) is 17.5 Å². The highest BCUT2D eigenvalue weighted by atomic mass is 19.1. The molecule has 0 saturated heterocycles. The number of nitrogens with zero attached hydrogens (tertiary/aromatic N) is 1. The molecular weight excluding hydrogens is 267 g/mol. The number of hydrogen-bond donors (Lipinski definition) is 1. The second kappa shape index (κ2) is 5.66. The van der Waals surface area contributed by atoms with Gasteiger partial charge in [-0.3, -0.25) is 0 Å². The zero-order valence-electron chi connectivity index (χ0n) is 12.1. The van der Waals surface area contributed by atoms with Crippen LogP contribution in [-0.2, 0) is 6.54 Å². The molecule has 1 heterocycles. The van der Waals surface area contributed by atoms with Crippen LogP contribution in [-0.4, -0.2) is 11.0 Å². The van der Waals surface area contributed by atoms with E-state index in [-0.39, 0.29) is 5.82 Å². The van der Waals surface area contributed by atoms with Crippen molar-refractivity contribution >= 4 is 10.8 Å². The molecule has 0 aliphatic heterocycles. The lowest BCUT2D eigenvalue weighted by Crippen LogP contribution is -2.22. The molecule has 0 bridgehead atoms. The van der Waals surface area contributed by atoms with Gasteiger partial charge in [0.1, 0.15) is 11.5 Å². The molecule has 0 spiro atoms. The fraction of sp³-hybridized carbons (Fsp3) is 0.235. The molecule has 3 aromatic rings. The van der Waals surface area contributed by atoms with E-state index in [2.05, 4.69) is 24.1 Å². The molecule has 21 heavy (non-hydrogen) atoms. The van der Waals surface area contributed by atoms with E-state index >= 15 is 0 Å². The first kappa shape index (κ1) is 13.8. The minimum Gasteiger partial charge on any atom is -0.443 e. The molecule has 2 aromatic carbocycles. The number of oxazole rings is 1. The van der Waals surface area contributed by atoms with Crippen LogP contribution in [0.4, 0.5) is 4.39 Å². The zero-order chi connectivity index (χ0) is 14.8. The Kier molecular flexibility index (Phi) is 3.71. The predicted molar refractivity (Wildman–Crippen MR) is 81.4 cm³/mol. The number of nitrogens with one attached hydrogen (secondary N) is 1. The summed E-state index contributed by atoms with van der Waals surface area (Å²) in [6.45, 7) is 4.77. The predicted octanol–water partition coefficient (Wildman–Crippen LogP) is 4.13. The van der Waals surface area contributed by atoms with Crippen LogP contribution < -0.4 is 5.32 Å². The van der Waals surface area contributed by atoms with Gasteiger partial charge in [-0.1, -0.05) is 38.1 Å². The smallest absolute Gasteiger partial charge is 0.181 e. The van der Waals surface area contributed by atoms with Gasteiger partial charge >= 0.3 is 0 Å². The van der Waals surface area contributed by atoms with Crippen molar-refractivity contribution in [3.05, 3.63) is 54.3 Å². The van der Waals surface area contributed by atoms with Crippen LogP contribution >= 0.6 is 0 Å². The molecule has 4 heteroatoms. The molecule has 0 fully saturated rings. The van der Waals surface area contributed by atoms with Gasteiger partial charge in [-0.2, -0.15) is 0 Å². The minimum absolute atomic E-state index is 0.226. The van der Waals surface area contributed by atoms with Crippen molar-refractivity contribution in [2.75, 3.05) is 0 Å². The van der Waals surface area contributed by atoms with Gasteiger partial charge in [-0.25, -0.2) is 9.37 Å². The van der Waals surface area contributed by atoms with Crippen LogP contribution in [0.5, 0.6) is 0 Å². The Morgan fingerprint density at radius 2 is 1.90 bits per heavy atom. The summed E-state index contributed by atoms with van der Waals surface area (Å²) in [5.41, 5.74) is 1.70. The summed E-state index contributed by atoms with van der Waals surface area (Å²) in [6, 6.07) is 11.0. The van der Waals surface area contributed by atoms with Crippen LogP contribution in [0, 0.1) is 5.82 Å². The Labute approximate surface area is 122 Å². The van der Waals surface area contributed by atoms with E-state index in [1.807, 2.05) is 18.2 Å². The van der Waals surface area contributed by atoms with Crippen molar-refractivity contribution in [1.29, 1.82) is 0 Å². The number of halogens is 1. The molecule has 1 N–H and O–H groups in total. The molecule has 0 aliphatic carbocycles. The molecule has 108 valence electrons. The van der Waals surface area contributed by atoms with E-state index in [0.29, 0.717) is 23.7 Å². The van der Waals surface area contributed by atoms with Crippen LogP contribution in [0.2, 0.25) is 0 Å². The molecule has 0 atom stereocenters. The maximum atomic E-state index is 13.9. The third kappa shape index (κ3) is 2.67. The quantitative estimate of drug-likeness (QED) is 0.782.